The van der Waals surface area contributed by atoms with Crippen LogP contribution in [0.5, 0.6) is 11.5 Å². The number of nitrogens with two attached hydrogens (primary N) is 1. The molecular weight excluding hydrogens is 386 g/mol. The number of piperidine rings is 1. The minimum absolute atomic E-state index is 0.0167. The molecule has 0 bridgehead atoms. The molecule has 2 N–H and O–H groups in total. The maximum Gasteiger partial charge on any atom is 0.332 e. The Hall–Kier alpha value is -3.07. The van der Waals surface area contributed by atoms with Gasteiger partial charge in [0, 0.05) is 26.9 Å². The van der Waals surface area contributed by atoms with Crippen molar-refractivity contribution >= 4 is 17.7 Å². The summed E-state index contributed by atoms with van der Waals surface area (Å²) in [4.78, 5) is 30.9. The molecule has 1 saturated heterocycles. The Morgan fingerprint density at radius 1 is 1.10 bits per heavy atom. The highest BCUT2D eigenvalue weighted by Gasteiger charge is 2.13. The molecule has 3 rings (SSSR count). The number of likely N-dealkylation sites (tertiary alicyclic amines) is 1. The van der Waals surface area contributed by atoms with E-state index >= 15 is 0 Å². The van der Waals surface area contributed by atoms with E-state index in [1.807, 2.05) is 6.07 Å². The molecule has 9 heteroatoms. The second-order valence-electron chi connectivity index (χ2n) is 7.36. The highest BCUT2D eigenvalue weighted by Crippen LogP contribution is 2.28. The van der Waals surface area contributed by atoms with Gasteiger partial charge in [0.1, 0.15) is 12.4 Å². The van der Waals surface area contributed by atoms with E-state index in [4.69, 9.17) is 15.2 Å². The smallest absolute Gasteiger partial charge is 0.332 e. The van der Waals surface area contributed by atoms with Crippen molar-refractivity contribution in [2.24, 2.45) is 19.1 Å². The third-order valence-corrected chi connectivity index (χ3v) is 5.33. The summed E-state index contributed by atoms with van der Waals surface area (Å²) in [5.74, 6) is 1.26. The van der Waals surface area contributed by atoms with Crippen molar-refractivity contribution in [3.8, 4) is 11.5 Å². The summed E-state index contributed by atoms with van der Waals surface area (Å²) in [6, 6.07) is 5.41. The van der Waals surface area contributed by atoms with Gasteiger partial charge in [0.25, 0.3) is 5.56 Å². The van der Waals surface area contributed by atoms with Crippen LogP contribution in [-0.2, 0) is 14.1 Å². The topological polar surface area (TPSA) is 104 Å². The Balaban J connectivity index is 1.78. The number of nitrogen functional groups attached to an aromatic ring is 1. The summed E-state index contributed by atoms with van der Waals surface area (Å²) in [5, 5.41) is 0. The molecule has 9 nitrogen and oxygen atoms in total. The van der Waals surface area contributed by atoms with Crippen LogP contribution in [0.4, 0.5) is 11.5 Å². The Kier molecular flexibility index (Phi) is 6.94. The Bertz CT molecular complexity index is 1030. The first kappa shape index (κ1) is 21.6. The Morgan fingerprint density at radius 2 is 1.83 bits per heavy atom. The quantitative estimate of drug-likeness (QED) is 0.684. The third kappa shape index (κ3) is 4.73. The molecule has 1 aliphatic rings. The van der Waals surface area contributed by atoms with Crippen LogP contribution in [0, 0.1) is 0 Å². The minimum Gasteiger partial charge on any atom is -0.493 e. The summed E-state index contributed by atoms with van der Waals surface area (Å²) >= 11 is 0. The fraction of sp³-hybridized carbons (Fsp3) is 0.476. The van der Waals surface area contributed by atoms with Gasteiger partial charge >= 0.3 is 5.69 Å². The first-order valence-corrected chi connectivity index (χ1v) is 10.0. The molecule has 162 valence electrons. The van der Waals surface area contributed by atoms with E-state index in [-0.39, 0.29) is 11.5 Å². The van der Waals surface area contributed by atoms with Crippen LogP contribution in [0.2, 0.25) is 0 Å². The van der Waals surface area contributed by atoms with Gasteiger partial charge in [-0.3, -0.25) is 18.8 Å². The lowest BCUT2D eigenvalue weighted by Crippen LogP contribution is -2.37. The van der Waals surface area contributed by atoms with Gasteiger partial charge in [-0.15, -0.1) is 0 Å². The predicted octanol–water partition coefficient (Wildman–Crippen LogP) is 1.29. The highest BCUT2D eigenvalue weighted by atomic mass is 16.5. The molecule has 0 saturated carbocycles. The molecule has 2 aromatic rings. The van der Waals surface area contributed by atoms with Gasteiger partial charge in [0.05, 0.1) is 7.11 Å². The fourth-order valence-electron chi connectivity index (χ4n) is 3.46. The number of aliphatic imine (C=N–C) groups is 1. The number of aromatic nitrogens is 2. The molecule has 30 heavy (non-hydrogen) atoms. The standard InChI is InChI=1S/C21H29N5O4/c1-24-19(22)18(20(27)25(2)21(24)28)23-14-15-7-8-16(29-3)17(13-15)30-12-11-26-9-5-4-6-10-26/h7-8,13-14H,4-6,9-12,22H2,1-3H3. The van der Waals surface area contributed by atoms with Crippen molar-refractivity contribution in [2.45, 2.75) is 19.3 Å². The number of hydrogen-bond donors (Lipinski definition) is 1. The van der Waals surface area contributed by atoms with E-state index in [0.717, 1.165) is 29.8 Å². The lowest BCUT2D eigenvalue weighted by molar-refractivity contribution is 0.180. The first-order chi connectivity index (χ1) is 14.4. The molecule has 0 spiro atoms. The molecular formula is C21H29N5O4. The zero-order valence-corrected chi connectivity index (χ0v) is 17.8. The Labute approximate surface area is 175 Å². The van der Waals surface area contributed by atoms with Crippen LogP contribution in [0.1, 0.15) is 24.8 Å². The average molecular weight is 415 g/mol. The zero-order valence-electron chi connectivity index (χ0n) is 17.8. The summed E-state index contributed by atoms with van der Waals surface area (Å²) in [6.45, 7) is 3.66. The molecule has 0 amide bonds. The van der Waals surface area contributed by atoms with Gasteiger partial charge in [-0.05, 0) is 49.7 Å². The first-order valence-electron chi connectivity index (χ1n) is 10.0. The van der Waals surface area contributed by atoms with Crippen molar-refractivity contribution < 1.29 is 9.47 Å². The monoisotopic (exact) mass is 415 g/mol. The van der Waals surface area contributed by atoms with E-state index in [1.54, 1.807) is 19.2 Å². The lowest BCUT2D eigenvalue weighted by atomic mass is 10.1. The molecule has 1 aromatic carbocycles. The van der Waals surface area contributed by atoms with Crippen LogP contribution < -0.4 is 26.5 Å². The number of nitrogens with zero attached hydrogens (tertiary/aromatic N) is 4. The van der Waals surface area contributed by atoms with Crippen LogP contribution in [0.3, 0.4) is 0 Å². The van der Waals surface area contributed by atoms with Crippen molar-refractivity contribution in [1.82, 2.24) is 14.0 Å². The molecule has 0 aliphatic carbocycles. The van der Waals surface area contributed by atoms with Crippen LogP contribution in [0.15, 0.2) is 32.8 Å². The minimum atomic E-state index is -0.543. The van der Waals surface area contributed by atoms with Crippen LogP contribution in [0.25, 0.3) is 0 Å². The molecule has 2 heterocycles. The van der Waals surface area contributed by atoms with Gasteiger partial charge in [0.2, 0.25) is 0 Å². The zero-order chi connectivity index (χ0) is 21.7. The molecule has 1 fully saturated rings. The molecule has 1 aromatic heterocycles. The van der Waals surface area contributed by atoms with E-state index in [1.165, 1.54) is 44.1 Å². The number of methoxy groups -OCH3 is 1. The lowest BCUT2D eigenvalue weighted by Gasteiger charge is -2.26. The van der Waals surface area contributed by atoms with E-state index in [0.29, 0.717) is 18.1 Å². The summed E-state index contributed by atoms with van der Waals surface area (Å²) in [6.07, 6.45) is 5.30. The fourth-order valence-corrected chi connectivity index (χ4v) is 3.46. The third-order valence-electron chi connectivity index (χ3n) is 5.33. The average Bonchev–Trinajstić information content (AvgIpc) is 2.77. The normalized spacial score (nSPS) is 14.9. The number of benzene rings is 1. The summed E-state index contributed by atoms with van der Waals surface area (Å²) in [5.41, 5.74) is 5.62. The maximum atomic E-state index is 12.3. The van der Waals surface area contributed by atoms with Crippen LogP contribution >= 0.6 is 0 Å². The highest BCUT2D eigenvalue weighted by molar-refractivity contribution is 5.84. The van der Waals surface area contributed by atoms with Crippen LogP contribution in [-0.4, -0.2) is 53.6 Å². The molecule has 0 radical (unpaired) electrons. The van der Waals surface area contributed by atoms with Crippen molar-refractivity contribution in [1.29, 1.82) is 0 Å². The van der Waals surface area contributed by atoms with Gasteiger partial charge in [-0.25, -0.2) is 9.79 Å². The summed E-state index contributed by atoms with van der Waals surface area (Å²) in [7, 11) is 4.48. The number of hydrogen-bond acceptors (Lipinski definition) is 7. The number of ether oxygens (including phenoxy) is 2. The SMILES string of the molecule is COc1ccc(C=Nc2c(N)n(C)c(=O)n(C)c2=O)cc1OCCN1CCCCC1. The van der Waals surface area contributed by atoms with Gasteiger partial charge in [0.15, 0.2) is 17.2 Å². The predicted molar refractivity (Wildman–Crippen MR) is 117 cm³/mol. The molecule has 0 atom stereocenters. The van der Waals surface area contributed by atoms with Crippen molar-refractivity contribution in [3.63, 3.8) is 0 Å². The number of anilines is 1. The van der Waals surface area contributed by atoms with Gasteiger partial charge in [-0.1, -0.05) is 6.42 Å². The van der Waals surface area contributed by atoms with Gasteiger partial charge < -0.3 is 15.2 Å². The van der Waals surface area contributed by atoms with Crippen molar-refractivity contribution in [3.05, 3.63) is 44.6 Å². The van der Waals surface area contributed by atoms with Gasteiger partial charge in [-0.2, -0.15) is 0 Å². The Morgan fingerprint density at radius 3 is 2.53 bits per heavy atom. The molecule has 1 aliphatic heterocycles. The van der Waals surface area contributed by atoms with E-state index < -0.39 is 11.2 Å². The number of rotatable bonds is 7. The maximum absolute atomic E-state index is 12.3. The second-order valence-corrected chi connectivity index (χ2v) is 7.36. The van der Waals surface area contributed by atoms with E-state index in [9.17, 15) is 9.59 Å². The summed E-state index contributed by atoms with van der Waals surface area (Å²) < 4.78 is 13.5. The van der Waals surface area contributed by atoms with E-state index in [2.05, 4.69) is 9.89 Å². The second kappa shape index (κ2) is 9.62. The largest absolute Gasteiger partial charge is 0.493 e. The molecule has 0 unspecified atom stereocenters. The van der Waals surface area contributed by atoms with Crippen molar-refractivity contribution in [2.75, 3.05) is 39.1 Å².